The quantitative estimate of drug-likeness (QED) is 0.711. The summed E-state index contributed by atoms with van der Waals surface area (Å²) in [5.41, 5.74) is 7.11. The van der Waals surface area contributed by atoms with Gasteiger partial charge in [0, 0.05) is 37.8 Å². The van der Waals surface area contributed by atoms with Crippen LogP contribution in [0, 0.1) is 5.82 Å². The number of H-pyrrole nitrogens is 1. The molecule has 2 atom stereocenters. The first kappa shape index (κ1) is 17.6. The maximum absolute atomic E-state index is 14.0. The first-order chi connectivity index (χ1) is 13.1. The number of nitrogens with one attached hydrogen (secondary N) is 3. The highest BCUT2D eigenvalue weighted by atomic mass is 19.1. The number of halogens is 1. The molecule has 2 saturated heterocycles. The lowest BCUT2D eigenvalue weighted by Crippen LogP contribution is -2.53. The maximum atomic E-state index is 14.0. The van der Waals surface area contributed by atoms with Gasteiger partial charge in [-0.3, -0.25) is 9.59 Å². The minimum absolute atomic E-state index is 0.00465. The summed E-state index contributed by atoms with van der Waals surface area (Å²) in [6.45, 7) is 2.39. The molecular weight excluding hydrogens is 351 g/mol. The second-order valence-electron chi connectivity index (χ2n) is 6.77. The molecule has 2 aromatic rings. The summed E-state index contributed by atoms with van der Waals surface area (Å²) in [5.74, 6) is -0.269. The normalized spacial score (nSPS) is 22.9. The molecule has 0 bridgehead atoms. The van der Waals surface area contributed by atoms with Crippen molar-refractivity contribution in [1.82, 2.24) is 25.9 Å². The highest BCUT2D eigenvalue weighted by molar-refractivity contribution is 5.82. The Hall–Kier alpha value is -2.78. The summed E-state index contributed by atoms with van der Waals surface area (Å²) in [6.07, 6.45) is 2.11. The van der Waals surface area contributed by atoms with Gasteiger partial charge in [-0.1, -0.05) is 18.2 Å². The molecule has 3 heterocycles. The fourth-order valence-corrected chi connectivity index (χ4v) is 3.62. The van der Waals surface area contributed by atoms with Crippen LogP contribution < -0.4 is 21.3 Å². The van der Waals surface area contributed by atoms with Crippen molar-refractivity contribution in [2.75, 3.05) is 31.1 Å². The van der Waals surface area contributed by atoms with Gasteiger partial charge in [-0.25, -0.2) is 20.3 Å². The number of aromatic nitrogens is 2. The van der Waals surface area contributed by atoms with Gasteiger partial charge in [-0.15, -0.1) is 0 Å². The first-order valence-electron chi connectivity index (χ1n) is 8.96. The van der Waals surface area contributed by atoms with Crippen LogP contribution in [0.15, 0.2) is 41.3 Å². The van der Waals surface area contributed by atoms with Gasteiger partial charge in [0.05, 0.1) is 17.9 Å². The predicted octanol–water partition coefficient (Wildman–Crippen LogP) is 0.165. The smallest absolute Gasteiger partial charge is 0.266 e. The van der Waals surface area contributed by atoms with Crippen LogP contribution in [0.4, 0.5) is 10.1 Å². The van der Waals surface area contributed by atoms with E-state index in [4.69, 9.17) is 0 Å². The molecule has 4 rings (SSSR count). The number of hydrogen-bond donors (Lipinski definition) is 3. The van der Waals surface area contributed by atoms with Crippen molar-refractivity contribution in [2.24, 2.45) is 0 Å². The van der Waals surface area contributed by atoms with E-state index in [2.05, 4.69) is 21.0 Å². The van der Waals surface area contributed by atoms with Crippen LogP contribution in [0.2, 0.25) is 0 Å². The second kappa shape index (κ2) is 7.45. The second-order valence-corrected chi connectivity index (χ2v) is 6.77. The van der Waals surface area contributed by atoms with Gasteiger partial charge in [0.1, 0.15) is 11.9 Å². The van der Waals surface area contributed by atoms with Crippen molar-refractivity contribution in [1.29, 1.82) is 0 Å². The van der Waals surface area contributed by atoms with Gasteiger partial charge < -0.3 is 9.80 Å². The number of hydrogen-bond acceptors (Lipinski definition) is 6. The van der Waals surface area contributed by atoms with Crippen molar-refractivity contribution >= 4 is 11.6 Å². The van der Waals surface area contributed by atoms with Crippen LogP contribution in [-0.2, 0) is 4.79 Å². The number of hydrazine groups is 1. The Labute approximate surface area is 155 Å². The third-order valence-corrected chi connectivity index (χ3v) is 5.09. The van der Waals surface area contributed by atoms with E-state index in [1.807, 2.05) is 4.90 Å². The number of nitrogens with zero attached hydrogens (tertiary/aromatic N) is 3. The number of carbonyl (C=O) groups excluding carboxylic acids is 1. The van der Waals surface area contributed by atoms with Gasteiger partial charge in [0.15, 0.2) is 0 Å². The summed E-state index contributed by atoms with van der Waals surface area (Å²) < 4.78 is 14.0. The van der Waals surface area contributed by atoms with E-state index in [1.54, 1.807) is 29.3 Å². The molecular formula is C18H21FN6O2. The number of carbonyl (C=O) groups is 1. The molecule has 0 saturated carbocycles. The molecule has 9 heteroatoms. The summed E-state index contributed by atoms with van der Waals surface area (Å²) in [7, 11) is 0. The van der Waals surface area contributed by atoms with Gasteiger partial charge >= 0.3 is 0 Å². The number of benzene rings is 1. The molecule has 0 aliphatic carbocycles. The summed E-state index contributed by atoms with van der Waals surface area (Å²) >= 11 is 0. The Kier molecular flexibility index (Phi) is 4.87. The maximum Gasteiger partial charge on any atom is 0.266 e. The molecule has 2 aliphatic rings. The molecule has 0 spiro atoms. The van der Waals surface area contributed by atoms with E-state index in [1.165, 1.54) is 12.1 Å². The molecule has 8 nitrogen and oxygen atoms in total. The summed E-state index contributed by atoms with van der Waals surface area (Å²) in [6, 6.07) is 7.49. The fourth-order valence-electron chi connectivity index (χ4n) is 3.62. The average molecular weight is 372 g/mol. The predicted molar refractivity (Wildman–Crippen MR) is 97.5 cm³/mol. The third-order valence-electron chi connectivity index (χ3n) is 5.09. The summed E-state index contributed by atoms with van der Waals surface area (Å²) in [4.78, 5) is 28.0. The van der Waals surface area contributed by atoms with E-state index in [-0.39, 0.29) is 29.4 Å². The summed E-state index contributed by atoms with van der Waals surface area (Å²) in [5, 5.41) is 6.17. The number of anilines is 1. The Morgan fingerprint density at radius 2 is 1.93 bits per heavy atom. The van der Waals surface area contributed by atoms with Gasteiger partial charge in [0.2, 0.25) is 5.91 Å². The highest BCUT2D eigenvalue weighted by Crippen LogP contribution is 2.25. The number of rotatable bonds is 3. The first-order valence-corrected chi connectivity index (χ1v) is 8.96. The van der Waals surface area contributed by atoms with Crippen molar-refractivity contribution < 1.29 is 9.18 Å². The van der Waals surface area contributed by atoms with Gasteiger partial charge in [0.25, 0.3) is 5.56 Å². The zero-order chi connectivity index (χ0) is 18.8. The zero-order valence-corrected chi connectivity index (χ0v) is 14.7. The van der Waals surface area contributed by atoms with Crippen molar-refractivity contribution in [3.8, 4) is 0 Å². The van der Waals surface area contributed by atoms with Crippen LogP contribution in [0.25, 0.3) is 0 Å². The molecule has 1 amide bonds. The Morgan fingerprint density at radius 3 is 2.67 bits per heavy atom. The average Bonchev–Trinajstić information content (AvgIpc) is 3.18. The lowest BCUT2D eigenvalue weighted by molar-refractivity contribution is -0.133. The van der Waals surface area contributed by atoms with Gasteiger partial charge in [-0.05, 0) is 12.5 Å². The van der Waals surface area contributed by atoms with E-state index in [9.17, 15) is 14.0 Å². The fraction of sp³-hybridized carbons (Fsp3) is 0.389. The molecule has 2 unspecified atom stereocenters. The van der Waals surface area contributed by atoms with Crippen molar-refractivity contribution in [3.63, 3.8) is 0 Å². The van der Waals surface area contributed by atoms with E-state index >= 15 is 0 Å². The van der Waals surface area contributed by atoms with E-state index in [0.717, 1.165) is 5.69 Å². The monoisotopic (exact) mass is 372 g/mol. The minimum Gasteiger partial charge on any atom is -0.367 e. The molecule has 2 fully saturated rings. The van der Waals surface area contributed by atoms with E-state index < -0.39 is 0 Å². The zero-order valence-electron chi connectivity index (χ0n) is 14.7. The minimum atomic E-state index is -0.387. The number of amides is 1. The largest absolute Gasteiger partial charge is 0.367 e. The third kappa shape index (κ3) is 3.69. The molecule has 2 aliphatic heterocycles. The molecule has 27 heavy (non-hydrogen) atoms. The Balaban J connectivity index is 1.35. The topological polar surface area (TPSA) is 93.4 Å². The van der Waals surface area contributed by atoms with Gasteiger partial charge in [-0.2, -0.15) is 5.10 Å². The Bertz CT molecular complexity index is 880. The molecule has 1 aromatic carbocycles. The van der Waals surface area contributed by atoms with Crippen molar-refractivity contribution in [2.45, 2.75) is 18.5 Å². The number of aromatic amines is 1. The lowest BCUT2D eigenvalue weighted by atomic mass is 10.0. The number of piperazine rings is 1. The highest BCUT2D eigenvalue weighted by Gasteiger charge is 2.34. The van der Waals surface area contributed by atoms with Crippen molar-refractivity contribution in [3.05, 3.63) is 58.3 Å². The molecule has 1 aromatic heterocycles. The molecule has 0 radical (unpaired) electrons. The lowest BCUT2D eigenvalue weighted by Gasteiger charge is -2.36. The SMILES string of the molecule is O=C(C1CC(c2ccccc2F)NN1)N1CCN(c2cn[nH]c(=O)c2)CC1. The standard InChI is InChI=1S/C18H21FN6O2/c19-14-4-2-1-3-13(14)15-10-16(22-21-15)18(27)25-7-5-24(6-8-25)12-9-17(26)23-20-11-12/h1-4,9,11,15-16,21-22H,5-8,10H2,(H,23,26). The van der Waals surface area contributed by atoms with Crippen LogP contribution in [0.1, 0.15) is 18.0 Å². The Morgan fingerprint density at radius 1 is 1.15 bits per heavy atom. The van der Waals surface area contributed by atoms with Crippen LogP contribution >= 0.6 is 0 Å². The van der Waals surface area contributed by atoms with E-state index in [0.29, 0.717) is 38.2 Å². The van der Waals surface area contributed by atoms with Crippen LogP contribution in [0.3, 0.4) is 0 Å². The molecule has 3 N–H and O–H groups in total. The van der Waals surface area contributed by atoms with Crippen LogP contribution in [-0.4, -0.2) is 53.2 Å². The van der Waals surface area contributed by atoms with Crippen LogP contribution in [0.5, 0.6) is 0 Å². The molecule has 142 valence electrons.